The van der Waals surface area contributed by atoms with Gasteiger partial charge in [0.05, 0.1) is 17.4 Å². The Morgan fingerprint density at radius 1 is 0.976 bits per heavy atom. The van der Waals surface area contributed by atoms with Crippen LogP contribution in [0.15, 0.2) is 88.4 Å². The van der Waals surface area contributed by atoms with Crippen molar-refractivity contribution in [3.63, 3.8) is 0 Å². The molecule has 1 saturated heterocycles. The number of likely N-dealkylation sites (tertiary alicyclic amines) is 1. The summed E-state index contributed by atoms with van der Waals surface area (Å²) in [4.78, 5) is 44.3. The lowest BCUT2D eigenvalue weighted by Crippen LogP contribution is -2.41. The van der Waals surface area contributed by atoms with Gasteiger partial charge in [-0.2, -0.15) is 0 Å². The van der Waals surface area contributed by atoms with E-state index < -0.39 is 17.3 Å². The van der Waals surface area contributed by atoms with Crippen molar-refractivity contribution in [3.8, 4) is 0 Å². The predicted molar refractivity (Wildman–Crippen MR) is 155 cm³/mol. The SMILES string of the molecule is O=C(Cc1cccc(Br)c1F)Nc1ccc(C2CCN(C(=O)c3nccn(Cc4ccc(F)cc4)c3=O)CC2)cc1. The van der Waals surface area contributed by atoms with E-state index in [2.05, 4.69) is 26.2 Å². The van der Waals surface area contributed by atoms with Gasteiger partial charge in [0.15, 0.2) is 5.69 Å². The summed E-state index contributed by atoms with van der Waals surface area (Å²) in [7, 11) is 0. The summed E-state index contributed by atoms with van der Waals surface area (Å²) in [5.41, 5.74) is 2.15. The van der Waals surface area contributed by atoms with Gasteiger partial charge in [-0.3, -0.25) is 14.4 Å². The lowest BCUT2D eigenvalue weighted by molar-refractivity contribution is -0.115. The zero-order valence-electron chi connectivity index (χ0n) is 22.0. The normalized spacial score (nSPS) is 13.7. The first-order valence-electron chi connectivity index (χ1n) is 13.2. The standard InChI is InChI=1S/C31H27BrF2N4O3/c32-26-3-1-2-23(28(26)34)18-27(39)36-25-10-6-21(7-11-25)22-12-15-37(16-13-22)30(40)29-31(41)38(17-14-35-29)19-20-4-8-24(33)9-5-20/h1-11,14,17,22H,12-13,15-16,18-19H2,(H,36,39). The van der Waals surface area contributed by atoms with Crippen LogP contribution in [0.5, 0.6) is 0 Å². The molecule has 2 amide bonds. The van der Waals surface area contributed by atoms with Gasteiger partial charge in [0, 0.05) is 31.2 Å². The van der Waals surface area contributed by atoms with E-state index in [-0.39, 0.29) is 36.3 Å². The summed E-state index contributed by atoms with van der Waals surface area (Å²) < 4.78 is 29.1. The van der Waals surface area contributed by atoms with Crippen LogP contribution in [0.2, 0.25) is 0 Å². The Balaban J connectivity index is 1.16. The van der Waals surface area contributed by atoms with Gasteiger partial charge in [0.1, 0.15) is 11.6 Å². The van der Waals surface area contributed by atoms with Gasteiger partial charge in [-0.15, -0.1) is 0 Å². The highest BCUT2D eigenvalue weighted by Crippen LogP contribution is 2.29. The van der Waals surface area contributed by atoms with Crippen LogP contribution < -0.4 is 10.9 Å². The van der Waals surface area contributed by atoms with Crippen LogP contribution in [0.3, 0.4) is 0 Å². The Bertz CT molecular complexity index is 1620. The molecule has 4 aromatic rings. The topological polar surface area (TPSA) is 84.3 Å². The van der Waals surface area contributed by atoms with E-state index in [0.29, 0.717) is 28.8 Å². The molecule has 3 aromatic carbocycles. The van der Waals surface area contributed by atoms with Crippen molar-refractivity contribution in [1.29, 1.82) is 0 Å². The Kier molecular flexibility index (Phi) is 8.68. The lowest BCUT2D eigenvalue weighted by Gasteiger charge is -2.32. The highest BCUT2D eigenvalue weighted by Gasteiger charge is 2.27. The first-order chi connectivity index (χ1) is 19.8. The van der Waals surface area contributed by atoms with Gasteiger partial charge < -0.3 is 14.8 Å². The molecule has 0 unspecified atom stereocenters. The molecule has 0 saturated carbocycles. The number of nitrogens with one attached hydrogen (secondary N) is 1. The average Bonchev–Trinajstić information content (AvgIpc) is 2.98. The summed E-state index contributed by atoms with van der Waals surface area (Å²) in [5.74, 6) is -1.29. The first-order valence-corrected chi connectivity index (χ1v) is 14.0. The number of hydrogen-bond acceptors (Lipinski definition) is 4. The number of amides is 2. The van der Waals surface area contributed by atoms with Crippen LogP contribution in [0.1, 0.15) is 45.9 Å². The van der Waals surface area contributed by atoms with E-state index in [9.17, 15) is 23.2 Å². The van der Waals surface area contributed by atoms with Crippen LogP contribution in [0, 0.1) is 11.6 Å². The Labute approximate surface area is 244 Å². The van der Waals surface area contributed by atoms with Crippen molar-refractivity contribution in [2.24, 2.45) is 0 Å². The minimum Gasteiger partial charge on any atom is -0.337 e. The van der Waals surface area contributed by atoms with E-state index in [1.54, 1.807) is 35.2 Å². The molecular formula is C31H27BrF2N4O3. The highest BCUT2D eigenvalue weighted by molar-refractivity contribution is 9.10. The number of carbonyl (C=O) groups is 2. The molecule has 0 radical (unpaired) electrons. The van der Waals surface area contributed by atoms with Crippen LogP contribution in [0.4, 0.5) is 14.5 Å². The molecule has 1 N–H and O–H groups in total. The molecule has 0 spiro atoms. The summed E-state index contributed by atoms with van der Waals surface area (Å²) >= 11 is 3.13. The molecule has 210 valence electrons. The van der Waals surface area contributed by atoms with Crippen molar-refractivity contribution in [2.45, 2.75) is 31.7 Å². The number of benzene rings is 3. The zero-order chi connectivity index (χ0) is 28.9. The number of nitrogens with zero attached hydrogens (tertiary/aromatic N) is 3. The second kappa shape index (κ2) is 12.6. The number of aromatic nitrogens is 2. The number of rotatable bonds is 7. The molecule has 0 atom stereocenters. The Morgan fingerprint density at radius 3 is 2.39 bits per heavy atom. The van der Waals surface area contributed by atoms with E-state index in [1.165, 1.54) is 29.1 Å². The molecule has 1 aliphatic rings. The van der Waals surface area contributed by atoms with Gasteiger partial charge >= 0.3 is 0 Å². The zero-order valence-corrected chi connectivity index (χ0v) is 23.6. The third kappa shape index (κ3) is 6.77. The summed E-state index contributed by atoms with van der Waals surface area (Å²) in [6.45, 7) is 1.17. The summed E-state index contributed by atoms with van der Waals surface area (Å²) in [5, 5.41) is 2.81. The quantitative estimate of drug-likeness (QED) is 0.294. The van der Waals surface area contributed by atoms with Gasteiger partial charge in [-0.1, -0.05) is 36.4 Å². The van der Waals surface area contributed by atoms with Crippen molar-refractivity contribution < 1.29 is 18.4 Å². The van der Waals surface area contributed by atoms with Crippen molar-refractivity contribution >= 4 is 33.4 Å². The molecule has 1 fully saturated rings. The minimum absolute atomic E-state index is 0.0763. The van der Waals surface area contributed by atoms with Gasteiger partial charge in [0.2, 0.25) is 5.91 Å². The van der Waals surface area contributed by atoms with E-state index in [1.807, 2.05) is 24.3 Å². The maximum atomic E-state index is 14.2. The van der Waals surface area contributed by atoms with Crippen LogP contribution in [-0.4, -0.2) is 39.4 Å². The molecule has 1 aromatic heterocycles. The van der Waals surface area contributed by atoms with Crippen LogP contribution >= 0.6 is 15.9 Å². The molecule has 5 rings (SSSR count). The lowest BCUT2D eigenvalue weighted by atomic mass is 9.89. The third-order valence-corrected chi connectivity index (χ3v) is 7.83. The second-order valence-corrected chi connectivity index (χ2v) is 10.8. The molecule has 0 bridgehead atoms. The van der Waals surface area contributed by atoms with Crippen LogP contribution in [-0.2, 0) is 17.8 Å². The Hall–Kier alpha value is -4.18. The minimum atomic E-state index is -0.482. The summed E-state index contributed by atoms with van der Waals surface area (Å²) in [6.07, 6.45) is 4.31. The number of hydrogen-bond donors (Lipinski definition) is 1. The smallest absolute Gasteiger partial charge is 0.282 e. The molecular weight excluding hydrogens is 594 g/mol. The molecule has 7 nitrogen and oxygen atoms in total. The number of piperidine rings is 1. The maximum Gasteiger partial charge on any atom is 0.282 e. The molecule has 10 heteroatoms. The monoisotopic (exact) mass is 620 g/mol. The Morgan fingerprint density at radius 2 is 1.68 bits per heavy atom. The predicted octanol–water partition coefficient (Wildman–Crippen LogP) is 5.53. The molecule has 2 heterocycles. The van der Waals surface area contributed by atoms with E-state index in [4.69, 9.17) is 0 Å². The van der Waals surface area contributed by atoms with Crippen molar-refractivity contribution in [2.75, 3.05) is 18.4 Å². The molecule has 41 heavy (non-hydrogen) atoms. The largest absolute Gasteiger partial charge is 0.337 e. The highest BCUT2D eigenvalue weighted by atomic mass is 79.9. The number of anilines is 1. The number of carbonyl (C=O) groups excluding carboxylic acids is 2. The van der Waals surface area contributed by atoms with E-state index in [0.717, 1.165) is 24.0 Å². The third-order valence-electron chi connectivity index (χ3n) is 7.21. The summed E-state index contributed by atoms with van der Waals surface area (Å²) in [6, 6.07) is 18.2. The molecule has 0 aliphatic carbocycles. The van der Waals surface area contributed by atoms with Crippen molar-refractivity contribution in [3.05, 3.63) is 128 Å². The first kappa shape index (κ1) is 28.4. The van der Waals surface area contributed by atoms with Crippen LogP contribution in [0.25, 0.3) is 0 Å². The van der Waals surface area contributed by atoms with Gasteiger partial charge in [0.25, 0.3) is 11.5 Å². The fraction of sp³-hybridized carbons (Fsp3) is 0.226. The fourth-order valence-electron chi connectivity index (χ4n) is 4.97. The molecule has 1 aliphatic heterocycles. The van der Waals surface area contributed by atoms with E-state index >= 15 is 0 Å². The fourth-order valence-corrected chi connectivity index (χ4v) is 5.38. The number of halogens is 3. The maximum absolute atomic E-state index is 14.2. The van der Waals surface area contributed by atoms with Gasteiger partial charge in [-0.25, -0.2) is 13.8 Å². The van der Waals surface area contributed by atoms with Crippen molar-refractivity contribution in [1.82, 2.24) is 14.5 Å². The average molecular weight is 621 g/mol. The van der Waals surface area contributed by atoms with Gasteiger partial charge in [-0.05, 0) is 81.7 Å². The second-order valence-electron chi connectivity index (χ2n) is 9.96.